The summed E-state index contributed by atoms with van der Waals surface area (Å²) in [7, 11) is 0. The van der Waals surface area contributed by atoms with Crippen LogP contribution in [-0.2, 0) is 26.8 Å². The van der Waals surface area contributed by atoms with E-state index in [9.17, 15) is 9.90 Å². The average molecular weight is 565 g/mol. The molecule has 3 aromatic carbocycles. The Kier molecular flexibility index (Phi) is 8.75. The molecule has 0 amide bonds. The Labute approximate surface area is 251 Å². The number of aliphatic hydroxyl groups is 1. The number of benzene rings is 3. The molecule has 1 saturated carbocycles. The first-order valence-electron chi connectivity index (χ1n) is 15.3. The number of aryl methyl sites for hydroxylation is 1. The van der Waals surface area contributed by atoms with Crippen molar-refractivity contribution in [1.82, 2.24) is 0 Å². The topological polar surface area (TPSA) is 55.8 Å². The van der Waals surface area contributed by atoms with E-state index in [1.165, 1.54) is 27.8 Å². The Balaban J connectivity index is 1.26. The van der Waals surface area contributed by atoms with Crippen LogP contribution >= 0.6 is 0 Å². The molecular weight excluding hydrogens is 520 g/mol. The molecule has 5 rings (SSSR count). The molecule has 0 spiro atoms. The minimum Gasteiger partial charge on any atom is -0.482 e. The molecule has 220 valence electrons. The van der Waals surface area contributed by atoms with Gasteiger partial charge in [0, 0.05) is 10.8 Å². The number of fused-ring (bicyclic) bond motifs is 1. The maximum absolute atomic E-state index is 12.2. The van der Waals surface area contributed by atoms with Crippen LogP contribution in [0.15, 0.2) is 97.1 Å². The summed E-state index contributed by atoms with van der Waals surface area (Å²) in [6.45, 7) is 7.70. The molecule has 4 heteroatoms. The van der Waals surface area contributed by atoms with Crippen LogP contribution in [0.1, 0.15) is 76.5 Å². The first kappa shape index (κ1) is 29.8. The van der Waals surface area contributed by atoms with Crippen LogP contribution in [0.25, 0.3) is 11.1 Å². The standard InChI is InChI=1S/C38H44O4/c1-36(2,3)42-35(40)27-41-32-21-18-30-14-10-23-37(4,33(30)26-32)22-9-8-15-34(39)38(24-11-25-38)31-19-16-29(17-20-31)28-12-6-5-7-13-28/h5-9,12-13,15-22,26,34,39H,10-11,14,23-25,27H2,1-4H3/b15-8+,22-9+. The number of carbonyl (C=O) groups is 1. The minimum atomic E-state index is -0.544. The van der Waals surface area contributed by atoms with Crippen molar-refractivity contribution >= 4 is 5.97 Å². The Morgan fingerprint density at radius 3 is 2.31 bits per heavy atom. The molecule has 3 aromatic rings. The maximum Gasteiger partial charge on any atom is 0.344 e. The number of aliphatic hydroxyl groups excluding tert-OH is 1. The fourth-order valence-electron chi connectivity index (χ4n) is 6.42. The number of hydrogen-bond acceptors (Lipinski definition) is 4. The van der Waals surface area contributed by atoms with Gasteiger partial charge in [-0.1, -0.05) is 98.3 Å². The van der Waals surface area contributed by atoms with Crippen LogP contribution in [-0.4, -0.2) is 29.4 Å². The Morgan fingerprint density at radius 2 is 1.64 bits per heavy atom. The van der Waals surface area contributed by atoms with Gasteiger partial charge in [0.15, 0.2) is 6.61 Å². The highest BCUT2D eigenvalue weighted by atomic mass is 16.6. The van der Waals surface area contributed by atoms with Crippen molar-refractivity contribution in [2.24, 2.45) is 0 Å². The monoisotopic (exact) mass is 564 g/mol. The van der Waals surface area contributed by atoms with Crippen LogP contribution in [0.2, 0.25) is 0 Å². The number of esters is 1. The first-order valence-corrected chi connectivity index (χ1v) is 15.3. The highest BCUT2D eigenvalue weighted by molar-refractivity contribution is 5.71. The van der Waals surface area contributed by atoms with Crippen LogP contribution in [0.4, 0.5) is 0 Å². The summed E-state index contributed by atoms with van der Waals surface area (Å²) >= 11 is 0. The maximum atomic E-state index is 12.2. The number of carbonyl (C=O) groups excluding carboxylic acids is 1. The van der Waals surface area contributed by atoms with Crippen molar-refractivity contribution in [3.05, 3.63) is 114 Å². The van der Waals surface area contributed by atoms with E-state index in [4.69, 9.17) is 9.47 Å². The Morgan fingerprint density at radius 1 is 0.929 bits per heavy atom. The molecule has 2 aliphatic carbocycles. The molecule has 2 atom stereocenters. The highest BCUT2D eigenvalue weighted by Crippen LogP contribution is 2.47. The van der Waals surface area contributed by atoms with Gasteiger partial charge in [0.25, 0.3) is 0 Å². The van der Waals surface area contributed by atoms with E-state index in [0.717, 1.165) is 38.5 Å². The van der Waals surface area contributed by atoms with Gasteiger partial charge in [0.05, 0.1) is 6.10 Å². The molecule has 4 nitrogen and oxygen atoms in total. The van der Waals surface area contributed by atoms with E-state index in [1.807, 2.05) is 45.1 Å². The molecule has 1 N–H and O–H groups in total. The molecular formula is C38H44O4. The van der Waals surface area contributed by atoms with E-state index in [0.29, 0.717) is 5.75 Å². The van der Waals surface area contributed by atoms with Crippen LogP contribution in [0.3, 0.4) is 0 Å². The molecule has 0 saturated heterocycles. The molecule has 0 bridgehead atoms. The Bertz CT molecular complexity index is 1420. The molecule has 0 aromatic heterocycles. The van der Waals surface area contributed by atoms with Crippen molar-refractivity contribution in [1.29, 1.82) is 0 Å². The van der Waals surface area contributed by atoms with Gasteiger partial charge in [-0.15, -0.1) is 0 Å². The quantitative estimate of drug-likeness (QED) is 0.210. The third-order valence-electron chi connectivity index (χ3n) is 8.86. The van der Waals surface area contributed by atoms with E-state index < -0.39 is 11.7 Å². The second-order valence-corrected chi connectivity index (χ2v) is 13.1. The highest BCUT2D eigenvalue weighted by Gasteiger charge is 2.43. The summed E-state index contributed by atoms with van der Waals surface area (Å²) in [5, 5.41) is 11.4. The van der Waals surface area contributed by atoms with Crippen LogP contribution in [0, 0.1) is 0 Å². The molecule has 2 aliphatic rings. The van der Waals surface area contributed by atoms with Gasteiger partial charge in [-0.25, -0.2) is 4.79 Å². The molecule has 0 radical (unpaired) electrons. The average Bonchev–Trinajstić information content (AvgIpc) is 2.94. The van der Waals surface area contributed by atoms with Gasteiger partial charge in [0.2, 0.25) is 0 Å². The number of hydrogen-bond donors (Lipinski definition) is 1. The van der Waals surface area contributed by atoms with Crippen molar-refractivity contribution < 1.29 is 19.4 Å². The van der Waals surface area contributed by atoms with E-state index in [-0.39, 0.29) is 23.4 Å². The van der Waals surface area contributed by atoms with Crippen LogP contribution in [0.5, 0.6) is 5.75 Å². The lowest BCUT2D eigenvalue weighted by molar-refractivity contribution is -0.157. The first-order chi connectivity index (χ1) is 20.1. The zero-order valence-corrected chi connectivity index (χ0v) is 25.4. The predicted molar refractivity (Wildman–Crippen MR) is 170 cm³/mol. The third-order valence-corrected chi connectivity index (χ3v) is 8.86. The van der Waals surface area contributed by atoms with Gasteiger partial charge in [-0.2, -0.15) is 0 Å². The number of rotatable bonds is 9. The largest absolute Gasteiger partial charge is 0.482 e. The van der Waals surface area contributed by atoms with E-state index in [1.54, 1.807) is 0 Å². The van der Waals surface area contributed by atoms with Crippen molar-refractivity contribution in [3.63, 3.8) is 0 Å². The SMILES string of the molecule is CC(C)(C)OC(=O)COc1ccc2c(c1)C(C)(/C=C/C=C/C(O)C1(c3ccc(-c4ccccc4)cc3)CCC1)CCC2. The Hall–Kier alpha value is -3.63. The zero-order valence-electron chi connectivity index (χ0n) is 25.4. The zero-order chi connectivity index (χ0) is 29.8. The minimum absolute atomic E-state index is 0.111. The van der Waals surface area contributed by atoms with Gasteiger partial charge < -0.3 is 14.6 Å². The third kappa shape index (κ3) is 6.71. The lowest BCUT2D eigenvalue weighted by atomic mass is 9.61. The molecule has 42 heavy (non-hydrogen) atoms. The van der Waals surface area contributed by atoms with Gasteiger partial charge in [-0.3, -0.25) is 0 Å². The molecule has 0 heterocycles. The summed E-state index contributed by atoms with van der Waals surface area (Å²) in [6.07, 6.45) is 14.0. The lowest BCUT2D eigenvalue weighted by Gasteiger charge is -2.45. The summed E-state index contributed by atoms with van der Waals surface area (Å²) in [5.41, 5.74) is 5.24. The summed E-state index contributed by atoms with van der Waals surface area (Å²) < 4.78 is 11.2. The van der Waals surface area contributed by atoms with Crippen molar-refractivity contribution in [2.75, 3.05) is 6.61 Å². The number of ether oxygens (including phenoxy) is 2. The number of allylic oxidation sites excluding steroid dienone is 3. The van der Waals surface area contributed by atoms with Gasteiger partial charge in [0.1, 0.15) is 11.4 Å². The normalized spacial score (nSPS) is 20.6. The lowest BCUT2D eigenvalue weighted by Crippen LogP contribution is -2.44. The van der Waals surface area contributed by atoms with Crippen molar-refractivity contribution in [2.45, 2.75) is 88.8 Å². The van der Waals surface area contributed by atoms with Gasteiger partial charge >= 0.3 is 5.97 Å². The molecule has 2 unspecified atom stereocenters. The van der Waals surface area contributed by atoms with E-state index >= 15 is 0 Å². The second kappa shape index (κ2) is 12.3. The summed E-state index contributed by atoms with van der Waals surface area (Å²) in [4.78, 5) is 12.2. The molecule has 1 fully saturated rings. The second-order valence-electron chi connectivity index (χ2n) is 13.1. The smallest absolute Gasteiger partial charge is 0.344 e. The summed E-state index contributed by atoms with van der Waals surface area (Å²) in [5.74, 6) is 0.306. The molecule has 0 aliphatic heterocycles. The van der Waals surface area contributed by atoms with Crippen LogP contribution < -0.4 is 4.74 Å². The predicted octanol–water partition coefficient (Wildman–Crippen LogP) is 8.26. The fraction of sp³-hybridized carbons (Fsp3) is 0.395. The van der Waals surface area contributed by atoms with Crippen molar-refractivity contribution in [3.8, 4) is 16.9 Å². The fourth-order valence-corrected chi connectivity index (χ4v) is 6.42. The van der Waals surface area contributed by atoms with E-state index in [2.05, 4.69) is 79.7 Å². The summed E-state index contributed by atoms with van der Waals surface area (Å²) in [6, 6.07) is 25.3. The van der Waals surface area contributed by atoms with Gasteiger partial charge in [-0.05, 0) is 92.8 Å².